The van der Waals surface area contributed by atoms with Crippen LogP contribution in [0.4, 0.5) is 0 Å². The van der Waals surface area contributed by atoms with Gasteiger partial charge < -0.3 is 0 Å². The zero-order valence-corrected chi connectivity index (χ0v) is 19.8. The summed E-state index contributed by atoms with van der Waals surface area (Å²) < 4.78 is 0. The molecule has 4 rings (SSSR count). The third-order valence-corrected chi connectivity index (χ3v) is 5.83. The van der Waals surface area contributed by atoms with Crippen LogP contribution in [0.1, 0.15) is 34.7 Å². The van der Waals surface area contributed by atoms with E-state index in [1.54, 1.807) is 0 Å². The molecule has 168 valence electrons. The Bertz CT molecular complexity index is 1320. The summed E-state index contributed by atoms with van der Waals surface area (Å²) in [5.41, 5.74) is 7.97. The number of aliphatic imine (C=N–C) groups is 3. The Morgan fingerprint density at radius 1 is 0.706 bits per heavy atom. The molecule has 0 aliphatic carbocycles. The molecule has 0 atom stereocenters. The van der Waals surface area contributed by atoms with Crippen molar-refractivity contribution in [3.8, 4) is 11.1 Å². The van der Waals surface area contributed by atoms with E-state index in [9.17, 15) is 0 Å². The van der Waals surface area contributed by atoms with Gasteiger partial charge in [0, 0.05) is 11.1 Å². The average molecular weight is 444 g/mol. The summed E-state index contributed by atoms with van der Waals surface area (Å²) in [5, 5.41) is 0. The van der Waals surface area contributed by atoms with Crippen LogP contribution in [0.2, 0.25) is 0 Å². The molecular weight excluding hydrogens is 414 g/mol. The lowest BCUT2D eigenvalue weighted by molar-refractivity contribution is 1.06. The Morgan fingerprint density at radius 2 is 1.38 bits per heavy atom. The summed E-state index contributed by atoms with van der Waals surface area (Å²) >= 11 is 0. The second-order valence-corrected chi connectivity index (χ2v) is 8.16. The molecule has 0 heterocycles. The number of rotatable bonds is 6. The number of benzene rings is 4. The lowest BCUT2D eigenvalue weighted by Crippen LogP contribution is -2.05. The molecule has 3 heteroatoms. The van der Waals surface area contributed by atoms with Crippen molar-refractivity contribution in [1.82, 2.24) is 0 Å². The molecule has 4 aromatic carbocycles. The van der Waals surface area contributed by atoms with Crippen LogP contribution in [0, 0.1) is 6.92 Å². The van der Waals surface area contributed by atoms with Crippen molar-refractivity contribution in [2.45, 2.75) is 26.8 Å². The van der Waals surface area contributed by atoms with Gasteiger partial charge in [0.05, 0.1) is 6.54 Å². The largest absolute Gasteiger partial charge is 0.261 e. The van der Waals surface area contributed by atoms with E-state index in [1.165, 1.54) is 16.7 Å². The summed E-state index contributed by atoms with van der Waals surface area (Å²) in [5.74, 6) is 1.19. The maximum absolute atomic E-state index is 4.87. The summed E-state index contributed by atoms with van der Waals surface area (Å²) in [6.45, 7) is 8.70. The van der Waals surface area contributed by atoms with Crippen LogP contribution in [0.25, 0.3) is 11.1 Å². The fourth-order valence-corrected chi connectivity index (χ4v) is 3.93. The molecule has 0 radical (unpaired) electrons. The van der Waals surface area contributed by atoms with E-state index in [0.29, 0.717) is 18.2 Å². The van der Waals surface area contributed by atoms with Crippen molar-refractivity contribution in [1.29, 1.82) is 0 Å². The van der Waals surface area contributed by atoms with Crippen LogP contribution in [0.5, 0.6) is 0 Å². The molecule has 0 fully saturated rings. The normalized spacial score (nSPS) is 11.9. The number of hydrogen-bond donors (Lipinski definition) is 0. The van der Waals surface area contributed by atoms with Crippen molar-refractivity contribution >= 4 is 18.4 Å². The highest BCUT2D eigenvalue weighted by atomic mass is 15.0. The van der Waals surface area contributed by atoms with Gasteiger partial charge in [-0.3, -0.25) is 4.99 Å². The van der Waals surface area contributed by atoms with Gasteiger partial charge in [0.15, 0.2) is 11.7 Å². The van der Waals surface area contributed by atoms with E-state index < -0.39 is 0 Å². The number of aryl methyl sites for hydroxylation is 2. The second kappa shape index (κ2) is 11.2. The van der Waals surface area contributed by atoms with Crippen LogP contribution < -0.4 is 0 Å². The minimum atomic E-state index is 0.544. The van der Waals surface area contributed by atoms with E-state index in [4.69, 9.17) is 9.98 Å². The van der Waals surface area contributed by atoms with Crippen molar-refractivity contribution in [2.24, 2.45) is 15.0 Å². The second-order valence-electron chi connectivity index (χ2n) is 8.16. The highest BCUT2D eigenvalue weighted by Gasteiger charge is 2.09. The highest BCUT2D eigenvalue weighted by Crippen LogP contribution is 2.24. The van der Waals surface area contributed by atoms with E-state index >= 15 is 0 Å². The Hall–Kier alpha value is -4.11. The maximum Gasteiger partial charge on any atom is 0.161 e. The third kappa shape index (κ3) is 5.62. The zero-order valence-electron chi connectivity index (χ0n) is 19.8. The molecule has 4 aromatic rings. The van der Waals surface area contributed by atoms with Gasteiger partial charge in [-0.05, 0) is 53.9 Å². The Kier molecular flexibility index (Phi) is 7.56. The molecule has 3 nitrogen and oxygen atoms in total. The van der Waals surface area contributed by atoms with E-state index in [2.05, 4.69) is 68.0 Å². The van der Waals surface area contributed by atoms with Crippen molar-refractivity contribution in [3.63, 3.8) is 0 Å². The first kappa shape index (κ1) is 23.1. The molecule has 34 heavy (non-hydrogen) atoms. The van der Waals surface area contributed by atoms with Crippen molar-refractivity contribution < 1.29 is 0 Å². The number of amidine groups is 2. The molecule has 0 amide bonds. The molecule has 0 spiro atoms. The van der Waals surface area contributed by atoms with Crippen LogP contribution in [0.15, 0.2) is 118 Å². The lowest BCUT2D eigenvalue weighted by atomic mass is 9.97. The van der Waals surface area contributed by atoms with Crippen molar-refractivity contribution in [3.05, 3.63) is 131 Å². The van der Waals surface area contributed by atoms with Crippen molar-refractivity contribution in [2.75, 3.05) is 0 Å². The average Bonchev–Trinajstić information content (AvgIpc) is 2.90. The third-order valence-electron chi connectivity index (χ3n) is 5.83. The summed E-state index contributed by atoms with van der Waals surface area (Å²) in [6, 6.07) is 35.1. The van der Waals surface area contributed by atoms with Crippen LogP contribution in [-0.2, 0) is 13.0 Å². The molecule has 0 N–H and O–H groups in total. The SMILES string of the molecule is C=N/C(=N\C(=N/Cc1ccccc1)c1ccccc1)c1cccc(-c2ccc(CC)c(C)c2)c1. The van der Waals surface area contributed by atoms with E-state index in [1.807, 2.05) is 60.7 Å². The first-order valence-electron chi connectivity index (χ1n) is 11.6. The van der Waals surface area contributed by atoms with Gasteiger partial charge in [-0.2, -0.15) is 0 Å². The Labute approximate surface area is 202 Å². The minimum Gasteiger partial charge on any atom is -0.261 e. The molecule has 0 saturated carbocycles. The highest BCUT2D eigenvalue weighted by molar-refractivity contribution is 6.13. The molecule has 0 unspecified atom stereocenters. The van der Waals surface area contributed by atoms with E-state index in [-0.39, 0.29) is 0 Å². The van der Waals surface area contributed by atoms with Gasteiger partial charge in [-0.15, -0.1) is 0 Å². The fourth-order valence-electron chi connectivity index (χ4n) is 3.93. The number of nitrogens with zero attached hydrogens (tertiary/aromatic N) is 3. The molecule has 0 saturated heterocycles. The predicted molar refractivity (Wildman–Crippen MR) is 145 cm³/mol. The molecule has 0 aromatic heterocycles. The van der Waals surface area contributed by atoms with Gasteiger partial charge in [0.2, 0.25) is 0 Å². The van der Waals surface area contributed by atoms with Gasteiger partial charge in [0.25, 0.3) is 0 Å². The summed E-state index contributed by atoms with van der Waals surface area (Å²) in [4.78, 5) is 14.0. The maximum atomic E-state index is 4.87. The molecule has 0 aliphatic rings. The predicted octanol–water partition coefficient (Wildman–Crippen LogP) is 7.32. The topological polar surface area (TPSA) is 37.1 Å². The summed E-state index contributed by atoms with van der Waals surface area (Å²) in [7, 11) is 0. The first-order chi connectivity index (χ1) is 16.7. The zero-order chi connectivity index (χ0) is 23.8. The fraction of sp³-hybridized carbons (Fsp3) is 0.129. The van der Waals surface area contributed by atoms with Gasteiger partial charge >= 0.3 is 0 Å². The van der Waals surface area contributed by atoms with Crippen LogP contribution in [-0.4, -0.2) is 18.4 Å². The van der Waals surface area contributed by atoms with Gasteiger partial charge in [-0.1, -0.05) is 104 Å². The lowest BCUT2D eigenvalue weighted by Gasteiger charge is -2.10. The minimum absolute atomic E-state index is 0.544. The first-order valence-corrected chi connectivity index (χ1v) is 11.6. The summed E-state index contributed by atoms with van der Waals surface area (Å²) in [6.07, 6.45) is 1.04. The standard InChI is InChI=1S/C31H29N3/c1-4-25-18-19-28(20-23(25)2)27-16-11-17-29(21-27)30(32-3)34-31(26-14-9-6-10-15-26)33-22-24-12-7-5-8-13-24/h5-21H,3-4,22H2,1-2H3/b33-31-,34-30-. The van der Waals surface area contributed by atoms with Crippen LogP contribution in [0.3, 0.4) is 0 Å². The smallest absolute Gasteiger partial charge is 0.161 e. The van der Waals surface area contributed by atoms with E-state index in [0.717, 1.165) is 28.7 Å². The van der Waals surface area contributed by atoms with Gasteiger partial charge in [0.1, 0.15) is 0 Å². The molecule has 0 bridgehead atoms. The number of hydrogen-bond acceptors (Lipinski definition) is 1. The molecular formula is C31H29N3. The van der Waals surface area contributed by atoms with Crippen LogP contribution >= 0.6 is 0 Å². The Morgan fingerprint density at radius 3 is 2.06 bits per heavy atom. The molecule has 0 aliphatic heterocycles. The van der Waals surface area contributed by atoms with Gasteiger partial charge in [-0.25, -0.2) is 9.98 Å². The monoisotopic (exact) mass is 443 g/mol. The Balaban J connectivity index is 1.72. The quantitative estimate of drug-likeness (QED) is 0.221.